The molecule has 2 aromatic heterocycles. The van der Waals surface area contributed by atoms with Gasteiger partial charge in [0.1, 0.15) is 6.04 Å². The van der Waals surface area contributed by atoms with Crippen LogP contribution in [-0.2, 0) is 18.3 Å². The van der Waals surface area contributed by atoms with Gasteiger partial charge in [0, 0.05) is 42.5 Å². The average Bonchev–Trinajstić information content (AvgIpc) is 3.47. The van der Waals surface area contributed by atoms with Crippen molar-refractivity contribution in [3.05, 3.63) is 74.9 Å². The smallest absolute Gasteiger partial charge is 0.327 e. The second-order valence-corrected chi connectivity index (χ2v) is 7.94. The van der Waals surface area contributed by atoms with Gasteiger partial charge in [-0.05, 0) is 54.2 Å². The molecule has 4 rings (SSSR count). The summed E-state index contributed by atoms with van der Waals surface area (Å²) >= 11 is 6.15. The number of aliphatic carboxylic acids is 1. The first-order chi connectivity index (χ1) is 14.4. The number of carboxylic acid groups (broad SMARTS) is 1. The minimum atomic E-state index is -1.10. The summed E-state index contributed by atoms with van der Waals surface area (Å²) in [6, 6.07) is 9.17. The molecule has 0 bridgehead atoms. The first-order valence-corrected chi connectivity index (χ1v) is 9.92. The molecule has 1 aliphatic rings. The Bertz CT molecular complexity index is 1230. The van der Waals surface area contributed by atoms with Gasteiger partial charge in [-0.15, -0.1) is 0 Å². The quantitative estimate of drug-likeness (QED) is 0.654. The summed E-state index contributed by atoms with van der Waals surface area (Å²) < 4.78 is 2.86. The summed E-state index contributed by atoms with van der Waals surface area (Å²) in [5.41, 5.74) is 2.66. The summed E-state index contributed by atoms with van der Waals surface area (Å²) in [7, 11) is 1.75. The number of carbonyl (C=O) groups is 1. The highest BCUT2D eigenvalue weighted by Crippen LogP contribution is 2.45. The Kier molecular flexibility index (Phi) is 5.18. The van der Waals surface area contributed by atoms with E-state index in [0.29, 0.717) is 27.4 Å². The SMILES string of the molecule is Cn1ccc(CC(C(=O)O)n2cc(C3CC3)c(-c3cc(Cl)ccc3C#N)cc2=O)n1. The van der Waals surface area contributed by atoms with Gasteiger partial charge >= 0.3 is 5.97 Å². The number of rotatable bonds is 6. The van der Waals surface area contributed by atoms with E-state index >= 15 is 0 Å². The second kappa shape index (κ2) is 7.81. The maximum Gasteiger partial charge on any atom is 0.327 e. The fraction of sp³-hybridized carbons (Fsp3) is 0.273. The first kappa shape index (κ1) is 19.9. The Hall–Kier alpha value is -3.37. The van der Waals surface area contributed by atoms with E-state index in [0.717, 1.165) is 18.4 Å². The van der Waals surface area contributed by atoms with Crippen LogP contribution in [0.15, 0.2) is 47.5 Å². The van der Waals surface area contributed by atoms with E-state index in [4.69, 9.17) is 11.6 Å². The lowest BCUT2D eigenvalue weighted by Crippen LogP contribution is -2.31. The molecule has 0 spiro atoms. The van der Waals surface area contributed by atoms with Crippen LogP contribution < -0.4 is 5.56 Å². The van der Waals surface area contributed by atoms with Gasteiger partial charge in [0.05, 0.1) is 17.3 Å². The van der Waals surface area contributed by atoms with Crippen molar-refractivity contribution in [2.45, 2.75) is 31.2 Å². The highest BCUT2D eigenvalue weighted by molar-refractivity contribution is 6.31. The van der Waals surface area contributed by atoms with Gasteiger partial charge in [0.2, 0.25) is 0 Å². The van der Waals surface area contributed by atoms with Gasteiger partial charge in [0.15, 0.2) is 0 Å². The molecule has 0 amide bonds. The molecular weight excluding hydrogens is 404 g/mol. The van der Waals surface area contributed by atoms with E-state index < -0.39 is 17.6 Å². The number of pyridine rings is 1. The van der Waals surface area contributed by atoms with Crippen LogP contribution in [0.4, 0.5) is 0 Å². The van der Waals surface area contributed by atoms with E-state index in [2.05, 4.69) is 11.2 Å². The second-order valence-electron chi connectivity index (χ2n) is 7.50. The van der Waals surface area contributed by atoms with Crippen molar-refractivity contribution in [1.82, 2.24) is 14.3 Å². The summed E-state index contributed by atoms with van der Waals surface area (Å²) in [6.45, 7) is 0. The number of hydrogen-bond donors (Lipinski definition) is 1. The minimum absolute atomic E-state index is 0.0974. The van der Waals surface area contributed by atoms with Crippen LogP contribution in [0.3, 0.4) is 0 Å². The molecule has 1 aliphatic carbocycles. The van der Waals surface area contributed by atoms with Gasteiger partial charge in [-0.3, -0.25) is 9.48 Å². The molecule has 8 heteroatoms. The third-order valence-electron chi connectivity index (χ3n) is 5.31. The van der Waals surface area contributed by atoms with E-state index in [1.54, 1.807) is 48.4 Å². The van der Waals surface area contributed by atoms with Crippen molar-refractivity contribution < 1.29 is 9.90 Å². The highest BCUT2D eigenvalue weighted by Gasteiger charge is 2.30. The van der Waals surface area contributed by atoms with Crippen LogP contribution >= 0.6 is 11.6 Å². The fourth-order valence-electron chi connectivity index (χ4n) is 3.67. The average molecular weight is 423 g/mol. The number of nitriles is 1. The number of benzene rings is 1. The molecule has 1 aromatic carbocycles. The molecule has 152 valence electrons. The van der Waals surface area contributed by atoms with Crippen molar-refractivity contribution in [3.63, 3.8) is 0 Å². The van der Waals surface area contributed by atoms with E-state index in [9.17, 15) is 20.0 Å². The third-order valence-corrected chi connectivity index (χ3v) is 5.55. The lowest BCUT2D eigenvalue weighted by Gasteiger charge is -2.19. The first-order valence-electron chi connectivity index (χ1n) is 9.55. The van der Waals surface area contributed by atoms with Crippen LogP contribution in [0, 0.1) is 11.3 Å². The predicted molar refractivity (Wildman–Crippen MR) is 111 cm³/mol. The predicted octanol–water partition coefficient (Wildman–Crippen LogP) is 3.52. The Balaban J connectivity index is 1.85. The minimum Gasteiger partial charge on any atom is -0.480 e. The molecule has 3 aromatic rings. The molecule has 1 atom stereocenters. The zero-order valence-electron chi connectivity index (χ0n) is 16.2. The van der Waals surface area contributed by atoms with Crippen LogP contribution in [0.1, 0.15) is 41.6 Å². The molecule has 0 aliphatic heterocycles. The normalized spacial score (nSPS) is 14.3. The number of aryl methyl sites for hydroxylation is 1. The van der Waals surface area contributed by atoms with Gasteiger partial charge in [-0.1, -0.05) is 11.6 Å². The molecule has 0 saturated heterocycles. The summed E-state index contributed by atoms with van der Waals surface area (Å²) in [4.78, 5) is 25.0. The number of carboxylic acids is 1. The molecule has 0 radical (unpaired) electrons. The lowest BCUT2D eigenvalue weighted by atomic mass is 9.94. The van der Waals surface area contributed by atoms with Gasteiger partial charge in [-0.2, -0.15) is 10.4 Å². The van der Waals surface area contributed by atoms with Crippen molar-refractivity contribution >= 4 is 17.6 Å². The summed E-state index contributed by atoms with van der Waals surface area (Å²) in [5.74, 6) is -0.876. The van der Waals surface area contributed by atoms with Gasteiger partial charge in [0.25, 0.3) is 5.56 Å². The zero-order chi connectivity index (χ0) is 21.4. The van der Waals surface area contributed by atoms with E-state index in [-0.39, 0.29) is 12.3 Å². The van der Waals surface area contributed by atoms with Crippen LogP contribution in [0.2, 0.25) is 5.02 Å². The zero-order valence-corrected chi connectivity index (χ0v) is 17.0. The van der Waals surface area contributed by atoms with Crippen molar-refractivity contribution in [3.8, 4) is 17.2 Å². The van der Waals surface area contributed by atoms with Crippen molar-refractivity contribution in [1.29, 1.82) is 5.26 Å². The van der Waals surface area contributed by atoms with Crippen LogP contribution in [0.5, 0.6) is 0 Å². The Morgan fingerprint density at radius 3 is 2.70 bits per heavy atom. The summed E-state index contributed by atoms with van der Waals surface area (Å²) in [6.07, 6.45) is 5.37. The molecule has 30 heavy (non-hydrogen) atoms. The van der Waals surface area contributed by atoms with E-state index in [1.165, 1.54) is 10.6 Å². The molecular formula is C22H19ClN4O3. The molecule has 1 N–H and O–H groups in total. The molecule has 1 unspecified atom stereocenters. The molecule has 1 fully saturated rings. The number of aromatic nitrogens is 3. The monoisotopic (exact) mass is 422 g/mol. The largest absolute Gasteiger partial charge is 0.480 e. The van der Waals surface area contributed by atoms with Gasteiger partial charge < -0.3 is 9.67 Å². The molecule has 7 nitrogen and oxygen atoms in total. The molecule has 2 heterocycles. The topological polar surface area (TPSA) is 101 Å². The van der Waals surface area contributed by atoms with E-state index in [1.807, 2.05) is 0 Å². The lowest BCUT2D eigenvalue weighted by molar-refractivity contribution is -0.141. The highest BCUT2D eigenvalue weighted by atomic mass is 35.5. The molecule has 1 saturated carbocycles. The van der Waals surface area contributed by atoms with Crippen molar-refractivity contribution in [2.75, 3.05) is 0 Å². The Labute approximate surface area is 177 Å². The maximum absolute atomic E-state index is 13.0. The Morgan fingerprint density at radius 2 is 2.10 bits per heavy atom. The van der Waals surface area contributed by atoms with Crippen LogP contribution in [0.25, 0.3) is 11.1 Å². The summed E-state index contributed by atoms with van der Waals surface area (Å²) in [5, 5.41) is 24.0. The fourth-order valence-corrected chi connectivity index (χ4v) is 3.84. The van der Waals surface area contributed by atoms with Gasteiger partial charge in [-0.25, -0.2) is 4.79 Å². The number of hydrogen-bond acceptors (Lipinski definition) is 4. The standard InChI is InChI=1S/C22H19ClN4O3/c1-26-7-6-16(25-26)9-20(22(29)30)27-12-19(13-2-3-13)18(10-21(27)28)17-8-15(23)5-4-14(17)11-24/h4-8,10,12-13,20H,2-3,9H2,1H3,(H,29,30). The third kappa shape index (κ3) is 3.87. The Morgan fingerprint density at radius 1 is 1.33 bits per heavy atom. The maximum atomic E-state index is 13.0. The number of halogens is 1. The van der Waals surface area contributed by atoms with Crippen LogP contribution in [-0.4, -0.2) is 25.4 Å². The van der Waals surface area contributed by atoms with Crippen molar-refractivity contribution in [2.24, 2.45) is 7.05 Å². The number of nitrogens with zero attached hydrogens (tertiary/aromatic N) is 4.